The van der Waals surface area contributed by atoms with Gasteiger partial charge in [0, 0.05) is 0 Å². The minimum Gasteiger partial charge on any atom is -0.468 e. The van der Waals surface area contributed by atoms with E-state index in [9.17, 15) is 14.3 Å². The van der Waals surface area contributed by atoms with Gasteiger partial charge in [-0.1, -0.05) is 12.1 Å². The van der Waals surface area contributed by atoms with Gasteiger partial charge in [-0.05, 0) is 37.5 Å². The number of hydrogen-bond acceptors (Lipinski definition) is 3. The highest BCUT2D eigenvalue weighted by atomic mass is 19.1. The number of rotatable bonds is 2. The Morgan fingerprint density at radius 1 is 1.47 bits per heavy atom. The molecule has 1 fully saturated rings. The van der Waals surface area contributed by atoms with E-state index in [0.29, 0.717) is 5.56 Å². The minimum absolute atomic E-state index is 0.260. The summed E-state index contributed by atoms with van der Waals surface area (Å²) >= 11 is 0. The molecule has 0 spiro atoms. The summed E-state index contributed by atoms with van der Waals surface area (Å²) in [5.41, 5.74) is -1.23. The van der Waals surface area contributed by atoms with Crippen molar-refractivity contribution < 1.29 is 19.0 Å². The Labute approximate surface area is 99.2 Å². The van der Waals surface area contributed by atoms with Gasteiger partial charge in [-0.25, -0.2) is 4.39 Å². The Morgan fingerprint density at radius 3 is 2.59 bits per heavy atom. The molecule has 2 rings (SSSR count). The summed E-state index contributed by atoms with van der Waals surface area (Å²) in [5, 5.41) is 9.82. The predicted molar refractivity (Wildman–Crippen MR) is 60.0 cm³/mol. The zero-order valence-corrected chi connectivity index (χ0v) is 9.87. The van der Waals surface area contributed by atoms with Gasteiger partial charge < -0.3 is 9.84 Å². The Kier molecular flexibility index (Phi) is 2.70. The molecule has 0 bridgehead atoms. The highest BCUT2D eigenvalue weighted by Crippen LogP contribution is 2.50. The van der Waals surface area contributed by atoms with Crippen LogP contribution >= 0.6 is 0 Å². The maximum Gasteiger partial charge on any atom is 0.316 e. The van der Waals surface area contributed by atoms with E-state index >= 15 is 0 Å². The third-order valence-corrected chi connectivity index (χ3v) is 3.32. The van der Waals surface area contributed by atoms with Crippen molar-refractivity contribution in [3.05, 3.63) is 35.6 Å². The molecule has 4 heteroatoms. The van der Waals surface area contributed by atoms with E-state index in [1.807, 2.05) is 0 Å². The number of methoxy groups -OCH3 is 1. The van der Waals surface area contributed by atoms with Crippen molar-refractivity contribution >= 4 is 5.97 Å². The highest BCUT2D eigenvalue weighted by molar-refractivity contribution is 5.85. The van der Waals surface area contributed by atoms with Crippen LogP contribution in [-0.4, -0.2) is 23.8 Å². The molecule has 1 aromatic carbocycles. The Balaban J connectivity index is 2.40. The monoisotopic (exact) mass is 238 g/mol. The third kappa shape index (κ3) is 1.93. The molecular weight excluding hydrogens is 223 g/mol. The van der Waals surface area contributed by atoms with Crippen LogP contribution in [0.15, 0.2) is 24.3 Å². The second-order valence-corrected chi connectivity index (χ2v) is 4.93. The molecule has 0 amide bonds. The molecule has 17 heavy (non-hydrogen) atoms. The minimum atomic E-state index is -0.902. The van der Waals surface area contributed by atoms with Crippen molar-refractivity contribution in [3.63, 3.8) is 0 Å². The summed E-state index contributed by atoms with van der Waals surface area (Å²) < 4.78 is 18.0. The van der Waals surface area contributed by atoms with E-state index in [0.717, 1.165) is 0 Å². The molecule has 1 N–H and O–H groups in total. The molecule has 0 radical (unpaired) electrons. The molecule has 0 aliphatic heterocycles. The number of halogens is 1. The fourth-order valence-electron chi connectivity index (χ4n) is 2.70. The van der Waals surface area contributed by atoms with Crippen LogP contribution in [0, 0.1) is 5.82 Å². The fraction of sp³-hybridized carbons (Fsp3) is 0.462. The van der Waals surface area contributed by atoms with Gasteiger partial charge in [0.1, 0.15) is 5.82 Å². The summed E-state index contributed by atoms with van der Waals surface area (Å²) in [6, 6.07) is 5.90. The lowest BCUT2D eigenvalue weighted by atomic mass is 9.56. The molecule has 0 unspecified atom stereocenters. The number of esters is 1. The topological polar surface area (TPSA) is 46.5 Å². The summed E-state index contributed by atoms with van der Waals surface area (Å²) in [6.07, 6.45) is 0.520. The van der Waals surface area contributed by atoms with Gasteiger partial charge in [0.2, 0.25) is 0 Å². The second kappa shape index (κ2) is 3.81. The summed E-state index contributed by atoms with van der Waals surface area (Å²) in [4.78, 5) is 11.9. The number of hydrogen-bond donors (Lipinski definition) is 1. The van der Waals surface area contributed by atoms with Crippen molar-refractivity contribution in [2.75, 3.05) is 7.11 Å². The zero-order valence-electron chi connectivity index (χ0n) is 9.87. The standard InChI is InChI=1S/C13H15FO3/c1-12(16)7-13(8-12,11(15)17-2)9-4-3-5-10(14)6-9/h3-6,16H,7-8H2,1-2H3. The van der Waals surface area contributed by atoms with Gasteiger partial charge in [0.15, 0.2) is 0 Å². The quantitative estimate of drug-likeness (QED) is 0.799. The van der Waals surface area contributed by atoms with Gasteiger partial charge in [-0.2, -0.15) is 0 Å². The van der Waals surface area contributed by atoms with Gasteiger partial charge in [0.25, 0.3) is 0 Å². The lowest BCUT2D eigenvalue weighted by Gasteiger charge is -2.49. The second-order valence-electron chi connectivity index (χ2n) is 4.93. The predicted octanol–water partition coefficient (Wildman–Crippen LogP) is 1.78. The van der Waals surface area contributed by atoms with E-state index in [1.165, 1.54) is 19.2 Å². The van der Waals surface area contributed by atoms with Crippen LogP contribution in [0.4, 0.5) is 4.39 Å². The zero-order chi connectivity index (χ0) is 12.7. The smallest absolute Gasteiger partial charge is 0.316 e. The summed E-state index contributed by atoms with van der Waals surface area (Å²) in [6.45, 7) is 1.66. The maximum atomic E-state index is 13.2. The molecule has 0 saturated heterocycles. The van der Waals surface area contributed by atoms with Gasteiger partial charge in [-0.15, -0.1) is 0 Å². The fourth-order valence-corrected chi connectivity index (χ4v) is 2.70. The highest BCUT2D eigenvalue weighted by Gasteiger charge is 2.57. The largest absolute Gasteiger partial charge is 0.468 e. The van der Waals surface area contributed by atoms with Crippen LogP contribution in [0.2, 0.25) is 0 Å². The van der Waals surface area contributed by atoms with Crippen molar-refractivity contribution in [1.82, 2.24) is 0 Å². The molecule has 0 heterocycles. The SMILES string of the molecule is COC(=O)C1(c2cccc(F)c2)CC(C)(O)C1. The summed E-state index contributed by atoms with van der Waals surface area (Å²) in [7, 11) is 1.30. The summed E-state index contributed by atoms with van der Waals surface area (Å²) in [5.74, 6) is -0.813. The van der Waals surface area contributed by atoms with E-state index in [2.05, 4.69) is 0 Å². The molecule has 1 saturated carbocycles. The van der Waals surface area contributed by atoms with Crippen LogP contribution in [-0.2, 0) is 14.9 Å². The number of benzene rings is 1. The molecule has 0 aromatic heterocycles. The first kappa shape index (κ1) is 12.0. The Morgan fingerprint density at radius 2 is 2.12 bits per heavy atom. The molecule has 92 valence electrons. The molecule has 1 aliphatic carbocycles. The average Bonchev–Trinajstić information content (AvgIpc) is 2.24. The first-order valence-electron chi connectivity index (χ1n) is 5.46. The number of carbonyl (C=O) groups excluding carboxylic acids is 1. The first-order chi connectivity index (χ1) is 7.89. The molecule has 1 aliphatic rings. The van der Waals surface area contributed by atoms with Crippen molar-refractivity contribution in [1.29, 1.82) is 0 Å². The van der Waals surface area contributed by atoms with E-state index in [-0.39, 0.29) is 12.8 Å². The number of carbonyl (C=O) groups is 1. The molecular formula is C13H15FO3. The van der Waals surface area contributed by atoms with Crippen LogP contribution in [0.3, 0.4) is 0 Å². The first-order valence-corrected chi connectivity index (χ1v) is 5.46. The van der Waals surface area contributed by atoms with Crippen LogP contribution in [0.25, 0.3) is 0 Å². The van der Waals surface area contributed by atoms with Crippen LogP contribution in [0.5, 0.6) is 0 Å². The van der Waals surface area contributed by atoms with E-state index in [1.54, 1.807) is 19.1 Å². The maximum absolute atomic E-state index is 13.2. The average molecular weight is 238 g/mol. The normalized spacial score (nSPS) is 31.8. The van der Waals surface area contributed by atoms with E-state index < -0.39 is 22.8 Å². The molecule has 3 nitrogen and oxygen atoms in total. The number of aliphatic hydroxyl groups is 1. The molecule has 0 atom stereocenters. The number of ether oxygens (including phenoxy) is 1. The van der Waals surface area contributed by atoms with Crippen LogP contribution < -0.4 is 0 Å². The van der Waals surface area contributed by atoms with Gasteiger partial charge in [-0.3, -0.25) is 4.79 Å². The van der Waals surface area contributed by atoms with Crippen molar-refractivity contribution in [2.45, 2.75) is 30.8 Å². The van der Waals surface area contributed by atoms with Crippen molar-refractivity contribution in [3.8, 4) is 0 Å². The van der Waals surface area contributed by atoms with Crippen LogP contribution in [0.1, 0.15) is 25.3 Å². The molecule has 1 aromatic rings. The third-order valence-electron chi connectivity index (χ3n) is 3.32. The van der Waals surface area contributed by atoms with Crippen molar-refractivity contribution in [2.24, 2.45) is 0 Å². The Bertz CT molecular complexity index is 446. The lowest BCUT2D eigenvalue weighted by molar-refractivity contribution is -0.165. The van der Waals surface area contributed by atoms with Gasteiger partial charge >= 0.3 is 5.97 Å². The lowest BCUT2D eigenvalue weighted by Crippen LogP contribution is -2.57. The van der Waals surface area contributed by atoms with Gasteiger partial charge in [0.05, 0.1) is 18.1 Å². The Hall–Kier alpha value is -1.42. The van der Waals surface area contributed by atoms with E-state index in [4.69, 9.17) is 4.74 Å².